The smallest absolute Gasteiger partial charge is 0.0486 e. The van der Waals surface area contributed by atoms with Crippen LogP contribution in [0.1, 0.15) is 25.1 Å². The van der Waals surface area contributed by atoms with Crippen LogP contribution in [0.25, 0.3) is 10.9 Å². The van der Waals surface area contributed by atoms with Gasteiger partial charge in [0.25, 0.3) is 0 Å². The van der Waals surface area contributed by atoms with Gasteiger partial charge in [-0.05, 0) is 37.6 Å². The maximum atomic E-state index is 5.92. The molecule has 0 radical (unpaired) electrons. The molecule has 0 bridgehead atoms. The fourth-order valence-electron chi connectivity index (χ4n) is 1.52. The predicted octanol–water partition coefficient (Wildman–Crippen LogP) is 4.46. The summed E-state index contributed by atoms with van der Waals surface area (Å²) in [6, 6.07) is 6.06. The second-order valence-electron chi connectivity index (χ2n) is 3.14. The molecule has 2 aromatic rings. The van der Waals surface area contributed by atoms with Crippen LogP contribution in [-0.2, 0) is 0 Å². The highest BCUT2D eigenvalue weighted by atomic mass is 35.5. The number of fused-ring (bicyclic) bond motifs is 1. The van der Waals surface area contributed by atoms with Crippen molar-refractivity contribution >= 4 is 22.5 Å². The number of H-pyrrole nitrogens is 1. The van der Waals surface area contributed by atoms with Crippen molar-refractivity contribution in [3.8, 4) is 0 Å². The van der Waals surface area contributed by atoms with Crippen molar-refractivity contribution in [2.75, 3.05) is 0 Å². The molecule has 0 amide bonds. The van der Waals surface area contributed by atoms with E-state index in [1.54, 1.807) is 0 Å². The van der Waals surface area contributed by atoms with Gasteiger partial charge in [-0.2, -0.15) is 0 Å². The summed E-state index contributed by atoms with van der Waals surface area (Å²) in [7, 11) is 0. The molecular weight excluding hydrogens is 194 g/mol. The summed E-state index contributed by atoms with van der Waals surface area (Å²) < 4.78 is 0. The van der Waals surface area contributed by atoms with Crippen LogP contribution in [0.3, 0.4) is 0 Å². The van der Waals surface area contributed by atoms with E-state index < -0.39 is 0 Å². The number of halogens is 1. The average Bonchev–Trinajstić information content (AvgIpc) is 2.49. The lowest BCUT2D eigenvalue weighted by Gasteiger charge is -1.96. The van der Waals surface area contributed by atoms with E-state index in [1.165, 1.54) is 22.2 Å². The molecule has 2 heteroatoms. The third kappa shape index (κ3) is 2.10. The van der Waals surface area contributed by atoms with Crippen LogP contribution in [0.4, 0.5) is 0 Å². The molecule has 0 saturated carbocycles. The van der Waals surface area contributed by atoms with Crippen molar-refractivity contribution < 1.29 is 0 Å². The molecule has 0 unspecified atom stereocenters. The Hall–Kier alpha value is -0.950. The van der Waals surface area contributed by atoms with E-state index in [2.05, 4.69) is 18.0 Å². The van der Waals surface area contributed by atoms with E-state index in [4.69, 9.17) is 11.6 Å². The highest BCUT2D eigenvalue weighted by molar-refractivity contribution is 6.31. The average molecular weight is 210 g/mol. The third-order valence-corrected chi connectivity index (χ3v) is 2.24. The number of aromatic amines is 1. The van der Waals surface area contributed by atoms with Gasteiger partial charge in [0.1, 0.15) is 0 Å². The lowest BCUT2D eigenvalue weighted by atomic mass is 10.2. The first kappa shape index (κ1) is 11.1. The van der Waals surface area contributed by atoms with Gasteiger partial charge in [0, 0.05) is 21.6 Å². The first-order valence-corrected chi connectivity index (χ1v) is 5.30. The normalized spacial score (nSPS) is 9.79. The zero-order valence-corrected chi connectivity index (χ0v) is 9.87. The fourth-order valence-corrected chi connectivity index (χ4v) is 1.80. The van der Waals surface area contributed by atoms with E-state index in [0.29, 0.717) is 0 Å². The van der Waals surface area contributed by atoms with Crippen LogP contribution in [0.15, 0.2) is 18.2 Å². The Morgan fingerprint density at radius 3 is 2.36 bits per heavy atom. The highest BCUT2D eigenvalue weighted by Crippen LogP contribution is 2.23. The molecule has 1 heterocycles. The molecule has 1 aromatic carbocycles. The van der Waals surface area contributed by atoms with Gasteiger partial charge >= 0.3 is 0 Å². The molecule has 0 saturated heterocycles. The molecule has 0 fully saturated rings. The van der Waals surface area contributed by atoms with E-state index in [0.717, 1.165) is 5.02 Å². The van der Waals surface area contributed by atoms with Crippen LogP contribution < -0.4 is 0 Å². The zero-order valence-electron chi connectivity index (χ0n) is 9.11. The van der Waals surface area contributed by atoms with Gasteiger partial charge in [-0.15, -0.1) is 0 Å². The second kappa shape index (κ2) is 4.52. The summed E-state index contributed by atoms with van der Waals surface area (Å²) in [6.45, 7) is 8.11. The van der Waals surface area contributed by atoms with Crippen LogP contribution in [0.2, 0.25) is 5.02 Å². The topological polar surface area (TPSA) is 15.8 Å². The number of hydrogen-bond acceptors (Lipinski definition) is 0. The van der Waals surface area contributed by atoms with Crippen molar-refractivity contribution in [2.24, 2.45) is 0 Å². The minimum Gasteiger partial charge on any atom is -0.358 e. The van der Waals surface area contributed by atoms with E-state index in [-0.39, 0.29) is 0 Å². The van der Waals surface area contributed by atoms with Gasteiger partial charge in [-0.25, -0.2) is 0 Å². The molecule has 0 spiro atoms. The number of rotatable bonds is 0. The summed E-state index contributed by atoms with van der Waals surface area (Å²) in [5.74, 6) is 0. The molecule has 1 aromatic heterocycles. The molecule has 1 nitrogen and oxygen atoms in total. The molecule has 0 atom stereocenters. The maximum absolute atomic E-state index is 5.92. The summed E-state index contributed by atoms with van der Waals surface area (Å²) in [4.78, 5) is 3.30. The van der Waals surface area contributed by atoms with Gasteiger partial charge < -0.3 is 4.98 Å². The zero-order chi connectivity index (χ0) is 10.7. The van der Waals surface area contributed by atoms with Gasteiger partial charge in [-0.3, -0.25) is 0 Å². The number of benzene rings is 1. The SMILES string of the molecule is CC.Cc1cc2cc(Cl)cc(C)c2[nH]1. The summed E-state index contributed by atoms with van der Waals surface area (Å²) in [5, 5.41) is 2.00. The van der Waals surface area contributed by atoms with Crippen LogP contribution in [0, 0.1) is 13.8 Å². The Kier molecular flexibility index (Phi) is 3.59. The van der Waals surface area contributed by atoms with Crippen LogP contribution >= 0.6 is 11.6 Å². The third-order valence-electron chi connectivity index (χ3n) is 2.02. The Morgan fingerprint density at radius 1 is 1.07 bits per heavy atom. The molecule has 0 aliphatic carbocycles. The molecule has 14 heavy (non-hydrogen) atoms. The Labute approximate surface area is 90.1 Å². The summed E-state index contributed by atoms with van der Waals surface area (Å²) in [5.41, 5.74) is 3.57. The molecule has 0 aliphatic heterocycles. The molecule has 2 rings (SSSR count). The largest absolute Gasteiger partial charge is 0.358 e. The number of aryl methyl sites for hydroxylation is 2. The lowest BCUT2D eigenvalue weighted by Crippen LogP contribution is -1.76. The highest BCUT2D eigenvalue weighted by Gasteiger charge is 2.01. The van der Waals surface area contributed by atoms with Crippen molar-refractivity contribution in [3.05, 3.63) is 34.5 Å². The number of hydrogen-bond donors (Lipinski definition) is 1. The van der Waals surface area contributed by atoms with Crippen molar-refractivity contribution in [1.29, 1.82) is 0 Å². The second-order valence-corrected chi connectivity index (χ2v) is 3.58. The maximum Gasteiger partial charge on any atom is 0.0486 e. The van der Waals surface area contributed by atoms with Crippen molar-refractivity contribution in [1.82, 2.24) is 4.98 Å². The van der Waals surface area contributed by atoms with Gasteiger partial charge in [0.05, 0.1) is 0 Å². The fraction of sp³-hybridized carbons (Fsp3) is 0.333. The summed E-state index contributed by atoms with van der Waals surface area (Å²) in [6.07, 6.45) is 0. The molecule has 0 aliphatic rings. The van der Waals surface area contributed by atoms with Gasteiger partial charge in [-0.1, -0.05) is 25.4 Å². The van der Waals surface area contributed by atoms with E-state index >= 15 is 0 Å². The quantitative estimate of drug-likeness (QED) is 0.659. The van der Waals surface area contributed by atoms with E-state index in [1.807, 2.05) is 32.9 Å². The van der Waals surface area contributed by atoms with E-state index in [9.17, 15) is 0 Å². The van der Waals surface area contributed by atoms with Crippen LogP contribution in [0.5, 0.6) is 0 Å². The minimum atomic E-state index is 0.805. The molecule has 1 N–H and O–H groups in total. The number of aromatic nitrogens is 1. The first-order valence-electron chi connectivity index (χ1n) is 4.92. The van der Waals surface area contributed by atoms with Crippen molar-refractivity contribution in [3.63, 3.8) is 0 Å². The first-order chi connectivity index (χ1) is 6.66. The monoisotopic (exact) mass is 209 g/mol. The Balaban J connectivity index is 0.000000461. The van der Waals surface area contributed by atoms with Crippen molar-refractivity contribution in [2.45, 2.75) is 27.7 Å². The molecule has 76 valence electrons. The Morgan fingerprint density at radius 2 is 1.71 bits per heavy atom. The van der Waals surface area contributed by atoms with Gasteiger partial charge in [0.2, 0.25) is 0 Å². The summed E-state index contributed by atoms with van der Waals surface area (Å²) >= 11 is 5.92. The standard InChI is InChI=1S/C10H10ClN.C2H6/c1-6-3-9(11)5-8-4-7(2)12-10(6)8;1-2/h3-5,12H,1-2H3;1-2H3. The number of nitrogens with one attached hydrogen (secondary N) is 1. The molecular formula is C12H16ClN. The van der Waals surface area contributed by atoms with Gasteiger partial charge in [0.15, 0.2) is 0 Å². The lowest BCUT2D eigenvalue weighted by molar-refractivity contribution is 1.29. The Bertz CT molecular complexity index is 429. The van der Waals surface area contributed by atoms with Crippen LogP contribution in [-0.4, -0.2) is 4.98 Å². The predicted molar refractivity (Wildman–Crippen MR) is 64.1 cm³/mol. The minimum absolute atomic E-state index is 0.805.